The average molecular weight is 405 g/mol. The molecule has 29 heavy (non-hydrogen) atoms. The van der Waals surface area contributed by atoms with Gasteiger partial charge in [0.25, 0.3) is 6.47 Å². The van der Waals surface area contributed by atoms with Gasteiger partial charge in [0.15, 0.2) is 0 Å². The molecule has 6 heteroatoms. The number of aromatic nitrogens is 2. The molecule has 6 nitrogen and oxygen atoms in total. The Labute approximate surface area is 176 Å². The minimum Gasteiger partial charge on any atom is -0.483 e. The second-order valence-electron chi connectivity index (χ2n) is 9.56. The van der Waals surface area contributed by atoms with E-state index < -0.39 is 0 Å². The molecule has 0 amide bonds. The van der Waals surface area contributed by atoms with E-state index in [-0.39, 0.29) is 6.47 Å². The molecule has 4 rings (SSSR count). The molecule has 0 unspecified atom stereocenters. The van der Waals surface area contributed by atoms with E-state index in [1.54, 1.807) is 0 Å². The Hall–Kier alpha value is -1.40. The molecule has 3 saturated heterocycles. The van der Waals surface area contributed by atoms with Crippen LogP contribution >= 0.6 is 0 Å². The Morgan fingerprint density at radius 1 is 1.28 bits per heavy atom. The largest absolute Gasteiger partial charge is 0.483 e. The van der Waals surface area contributed by atoms with Gasteiger partial charge in [0.1, 0.15) is 0 Å². The zero-order valence-electron chi connectivity index (χ0n) is 18.5. The van der Waals surface area contributed by atoms with Crippen molar-refractivity contribution < 1.29 is 9.90 Å². The second-order valence-corrected chi connectivity index (χ2v) is 9.56. The molecule has 3 aliphatic rings. The molecule has 1 aromatic rings. The van der Waals surface area contributed by atoms with E-state index in [2.05, 4.69) is 47.5 Å². The highest BCUT2D eigenvalue weighted by molar-refractivity contribution is 5.32. The number of hydrogen-bond acceptors (Lipinski definition) is 4. The van der Waals surface area contributed by atoms with Gasteiger partial charge in [0, 0.05) is 44.5 Å². The molecule has 164 valence electrons. The Bertz CT molecular complexity index is 632. The lowest BCUT2D eigenvalue weighted by Crippen LogP contribution is -2.63. The predicted octanol–water partition coefficient (Wildman–Crippen LogP) is 3.71. The van der Waals surface area contributed by atoms with Gasteiger partial charge in [-0.2, -0.15) is 5.10 Å². The van der Waals surface area contributed by atoms with Crippen LogP contribution in [0.25, 0.3) is 0 Å². The molecular formula is C23H40N4O2. The molecule has 0 spiro atoms. The third-order valence-electron chi connectivity index (χ3n) is 7.14. The summed E-state index contributed by atoms with van der Waals surface area (Å²) < 4.78 is 2.06. The summed E-state index contributed by atoms with van der Waals surface area (Å²) in [6.07, 6.45) is 10.7. The Morgan fingerprint density at radius 2 is 2.03 bits per heavy atom. The van der Waals surface area contributed by atoms with Crippen molar-refractivity contribution in [1.82, 2.24) is 19.6 Å². The second kappa shape index (κ2) is 10.6. The normalized spacial score (nSPS) is 29.8. The maximum Gasteiger partial charge on any atom is 0.290 e. The summed E-state index contributed by atoms with van der Waals surface area (Å²) in [7, 11) is 0. The van der Waals surface area contributed by atoms with Crippen molar-refractivity contribution in [2.75, 3.05) is 19.6 Å². The quantitative estimate of drug-likeness (QED) is 0.732. The van der Waals surface area contributed by atoms with Gasteiger partial charge < -0.3 is 5.11 Å². The standard InChI is InChI=1S/C22H38N4.CH2O2/c1-4-25-12-10-20(23-25)16-24-14-18-13-19(15-24)22(9-8-17(2)3)26-11-6-5-7-21(18)26;2-1-3/h10,12,17-19,21-22H,4-9,11,13-16H2,1-3H3;1H,(H,2,3)/t18-,19+,21+,22+;/m1./s1. The molecule has 3 fully saturated rings. The van der Waals surface area contributed by atoms with E-state index in [1.807, 2.05) is 0 Å². The summed E-state index contributed by atoms with van der Waals surface area (Å²) in [4.78, 5) is 14.1. The maximum absolute atomic E-state index is 8.36. The van der Waals surface area contributed by atoms with Crippen LogP contribution < -0.4 is 0 Å². The Morgan fingerprint density at radius 3 is 2.72 bits per heavy atom. The highest BCUT2D eigenvalue weighted by atomic mass is 16.3. The third-order valence-corrected chi connectivity index (χ3v) is 7.14. The first-order valence-corrected chi connectivity index (χ1v) is 11.6. The van der Waals surface area contributed by atoms with Gasteiger partial charge >= 0.3 is 0 Å². The van der Waals surface area contributed by atoms with E-state index in [1.165, 1.54) is 63.9 Å². The highest BCUT2D eigenvalue weighted by Gasteiger charge is 2.46. The lowest BCUT2D eigenvalue weighted by atomic mass is 9.71. The average Bonchev–Trinajstić information content (AvgIpc) is 3.16. The van der Waals surface area contributed by atoms with Gasteiger partial charge in [-0.05, 0) is 69.4 Å². The number of rotatable bonds is 6. The number of nitrogens with zero attached hydrogens (tertiary/aromatic N) is 4. The first kappa shape index (κ1) is 22.3. The summed E-state index contributed by atoms with van der Waals surface area (Å²) >= 11 is 0. The molecule has 4 atom stereocenters. The number of piperidine rings is 3. The van der Waals surface area contributed by atoms with Gasteiger partial charge in [-0.1, -0.05) is 20.3 Å². The highest BCUT2D eigenvalue weighted by Crippen LogP contribution is 2.43. The van der Waals surface area contributed by atoms with E-state index in [4.69, 9.17) is 15.0 Å². The Balaban J connectivity index is 0.000000755. The first-order chi connectivity index (χ1) is 14.0. The third kappa shape index (κ3) is 5.60. The fourth-order valence-electron chi connectivity index (χ4n) is 5.93. The van der Waals surface area contributed by atoms with Crippen LogP contribution in [-0.4, -0.2) is 62.9 Å². The fraction of sp³-hybridized carbons (Fsp3) is 0.826. The zero-order chi connectivity index (χ0) is 20.8. The first-order valence-electron chi connectivity index (χ1n) is 11.6. The van der Waals surface area contributed by atoms with E-state index >= 15 is 0 Å². The van der Waals surface area contributed by atoms with Crippen LogP contribution in [0.3, 0.4) is 0 Å². The molecular weight excluding hydrogens is 364 g/mol. The van der Waals surface area contributed by atoms with Crippen LogP contribution in [-0.2, 0) is 17.9 Å². The number of likely N-dealkylation sites (tertiary alicyclic amines) is 1. The molecule has 1 N–H and O–H groups in total. The fourth-order valence-corrected chi connectivity index (χ4v) is 5.93. The van der Waals surface area contributed by atoms with Crippen molar-refractivity contribution in [3.8, 4) is 0 Å². The summed E-state index contributed by atoms with van der Waals surface area (Å²) in [5.74, 6) is 2.58. The smallest absolute Gasteiger partial charge is 0.290 e. The van der Waals surface area contributed by atoms with Crippen molar-refractivity contribution in [1.29, 1.82) is 0 Å². The molecule has 1 aromatic heterocycles. The molecule has 0 saturated carbocycles. The van der Waals surface area contributed by atoms with E-state index in [9.17, 15) is 0 Å². The lowest BCUT2D eigenvalue weighted by Gasteiger charge is -2.57. The molecule has 0 radical (unpaired) electrons. The SMILES string of the molecule is CCn1ccc(CN2C[C@H]3C[C@@H](C2)[C@H](CCC(C)C)N2CCCC[C@@H]32)n1.O=CO. The van der Waals surface area contributed by atoms with Crippen molar-refractivity contribution in [2.45, 2.75) is 84.5 Å². The zero-order valence-corrected chi connectivity index (χ0v) is 18.5. The van der Waals surface area contributed by atoms with Gasteiger partial charge in [-0.25, -0.2) is 0 Å². The van der Waals surface area contributed by atoms with E-state index in [0.29, 0.717) is 0 Å². The molecule has 4 heterocycles. The van der Waals surface area contributed by atoms with Gasteiger partial charge in [-0.15, -0.1) is 0 Å². The topological polar surface area (TPSA) is 61.6 Å². The van der Waals surface area contributed by atoms with Crippen LogP contribution in [0, 0.1) is 17.8 Å². The van der Waals surface area contributed by atoms with Gasteiger partial charge in [-0.3, -0.25) is 19.3 Å². The minimum atomic E-state index is -0.250. The number of carboxylic acid groups (broad SMARTS) is 1. The monoisotopic (exact) mass is 404 g/mol. The molecule has 0 aliphatic carbocycles. The lowest BCUT2D eigenvalue weighted by molar-refractivity contribution is -0.122. The molecule has 0 aromatic carbocycles. The van der Waals surface area contributed by atoms with Crippen LogP contribution in [0.4, 0.5) is 0 Å². The minimum absolute atomic E-state index is 0.250. The van der Waals surface area contributed by atoms with Gasteiger partial charge in [0.2, 0.25) is 0 Å². The van der Waals surface area contributed by atoms with Crippen LogP contribution in [0.1, 0.15) is 65.0 Å². The predicted molar refractivity (Wildman–Crippen MR) is 116 cm³/mol. The van der Waals surface area contributed by atoms with Crippen LogP contribution in [0.15, 0.2) is 12.3 Å². The number of aryl methyl sites for hydroxylation is 1. The van der Waals surface area contributed by atoms with Crippen molar-refractivity contribution in [3.63, 3.8) is 0 Å². The van der Waals surface area contributed by atoms with E-state index in [0.717, 1.165) is 42.9 Å². The summed E-state index contributed by atoms with van der Waals surface area (Å²) in [5.41, 5.74) is 1.26. The Kier molecular flexibility index (Phi) is 8.13. The summed E-state index contributed by atoms with van der Waals surface area (Å²) in [6, 6.07) is 3.90. The molecule has 3 aliphatic heterocycles. The number of fused-ring (bicyclic) bond motifs is 4. The van der Waals surface area contributed by atoms with Crippen molar-refractivity contribution in [3.05, 3.63) is 18.0 Å². The molecule has 2 bridgehead atoms. The number of hydrogen-bond donors (Lipinski definition) is 1. The van der Waals surface area contributed by atoms with Crippen LogP contribution in [0.5, 0.6) is 0 Å². The van der Waals surface area contributed by atoms with Crippen molar-refractivity contribution >= 4 is 6.47 Å². The maximum atomic E-state index is 8.36. The van der Waals surface area contributed by atoms with Gasteiger partial charge in [0.05, 0.1) is 5.69 Å². The van der Waals surface area contributed by atoms with Crippen LogP contribution in [0.2, 0.25) is 0 Å². The summed E-state index contributed by atoms with van der Waals surface area (Å²) in [5, 5.41) is 11.6. The summed E-state index contributed by atoms with van der Waals surface area (Å²) in [6.45, 7) is 12.6. The van der Waals surface area contributed by atoms with Crippen molar-refractivity contribution in [2.24, 2.45) is 17.8 Å². The number of carbonyl (C=O) groups is 1.